The second-order valence-corrected chi connectivity index (χ2v) is 4.66. The summed E-state index contributed by atoms with van der Waals surface area (Å²) in [5.74, 6) is 5.39. The van der Waals surface area contributed by atoms with Gasteiger partial charge in [-0.15, -0.1) is 0 Å². The van der Waals surface area contributed by atoms with Crippen molar-refractivity contribution in [1.82, 2.24) is 14.8 Å². The number of nitrogens with two attached hydrogens (primary N) is 1. The molecule has 0 saturated heterocycles. The van der Waals surface area contributed by atoms with Crippen molar-refractivity contribution in [2.75, 3.05) is 39.2 Å². The van der Waals surface area contributed by atoms with E-state index < -0.39 is 0 Å². The summed E-state index contributed by atoms with van der Waals surface area (Å²) >= 11 is 0. The summed E-state index contributed by atoms with van der Waals surface area (Å²) in [5, 5.41) is 0. The summed E-state index contributed by atoms with van der Waals surface area (Å²) in [6.07, 6.45) is 4.08. The Kier molecular flexibility index (Phi) is 6.24. The first-order valence-electron chi connectivity index (χ1n) is 6.44. The van der Waals surface area contributed by atoms with Crippen molar-refractivity contribution in [3.63, 3.8) is 0 Å². The fraction of sp³-hybridized carbons (Fsp3) is 0.538. The van der Waals surface area contributed by atoms with Crippen LogP contribution in [-0.2, 0) is 0 Å². The van der Waals surface area contributed by atoms with Crippen molar-refractivity contribution in [1.29, 1.82) is 0 Å². The highest BCUT2D eigenvalue weighted by Gasteiger charge is 2.18. The number of carbonyl (C=O) groups excluding carboxylic acids is 1. The molecular formula is C13H23N5O. The molecule has 6 nitrogen and oxygen atoms in total. The SMILES string of the molecule is CCCN(CCN(C)C)C(=O)c1cnccc1NN. The van der Waals surface area contributed by atoms with Crippen LogP contribution in [0, 0.1) is 0 Å². The number of likely N-dealkylation sites (N-methyl/N-ethyl adjacent to an activating group) is 1. The molecule has 0 atom stereocenters. The van der Waals surface area contributed by atoms with Gasteiger partial charge in [0.05, 0.1) is 11.3 Å². The molecule has 0 spiro atoms. The molecule has 1 rings (SSSR count). The molecule has 6 heteroatoms. The fourth-order valence-electron chi connectivity index (χ4n) is 1.77. The lowest BCUT2D eigenvalue weighted by atomic mass is 10.2. The minimum Gasteiger partial charge on any atom is -0.337 e. The smallest absolute Gasteiger partial charge is 0.257 e. The number of nitrogens with zero attached hydrogens (tertiary/aromatic N) is 3. The van der Waals surface area contributed by atoms with Gasteiger partial charge >= 0.3 is 0 Å². The predicted octanol–water partition coefficient (Wildman–Crippen LogP) is 0.781. The van der Waals surface area contributed by atoms with Crippen LogP contribution in [0.25, 0.3) is 0 Å². The number of nitrogens with one attached hydrogen (secondary N) is 1. The maximum absolute atomic E-state index is 12.5. The van der Waals surface area contributed by atoms with Crippen LogP contribution in [0.3, 0.4) is 0 Å². The third kappa shape index (κ3) is 4.50. The van der Waals surface area contributed by atoms with E-state index in [1.165, 1.54) is 0 Å². The molecular weight excluding hydrogens is 242 g/mol. The number of anilines is 1. The van der Waals surface area contributed by atoms with Crippen LogP contribution >= 0.6 is 0 Å². The van der Waals surface area contributed by atoms with Crippen molar-refractivity contribution in [3.05, 3.63) is 24.0 Å². The van der Waals surface area contributed by atoms with Crippen LogP contribution in [0.15, 0.2) is 18.5 Å². The average Bonchev–Trinajstić information content (AvgIpc) is 2.42. The number of hydrogen-bond acceptors (Lipinski definition) is 5. The Labute approximate surface area is 114 Å². The van der Waals surface area contributed by atoms with E-state index in [1.807, 2.05) is 19.0 Å². The van der Waals surface area contributed by atoms with Gasteiger partial charge in [0.2, 0.25) is 0 Å². The third-order valence-electron chi connectivity index (χ3n) is 2.80. The molecule has 0 bridgehead atoms. The van der Waals surface area contributed by atoms with Crippen LogP contribution in [0.1, 0.15) is 23.7 Å². The van der Waals surface area contributed by atoms with Gasteiger partial charge in [-0.2, -0.15) is 0 Å². The van der Waals surface area contributed by atoms with Gasteiger partial charge < -0.3 is 15.2 Å². The Morgan fingerprint density at radius 3 is 2.68 bits per heavy atom. The summed E-state index contributed by atoms with van der Waals surface area (Å²) in [4.78, 5) is 20.4. The number of amides is 1. The summed E-state index contributed by atoms with van der Waals surface area (Å²) in [5.41, 5.74) is 3.65. The van der Waals surface area contributed by atoms with Crippen molar-refractivity contribution in [3.8, 4) is 0 Å². The zero-order chi connectivity index (χ0) is 14.3. The van der Waals surface area contributed by atoms with E-state index >= 15 is 0 Å². The van der Waals surface area contributed by atoms with Crippen LogP contribution in [-0.4, -0.2) is 54.4 Å². The van der Waals surface area contributed by atoms with E-state index in [4.69, 9.17) is 5.84 Å². The quantitative estimate of drug-likeness (QED) is 0.563. The second kappa shape index (κ2) is 7.70. The highest BCUT2D eigenvalue weighted by atomic mass is 16.2. The Bertz CT molecular complexity index is 408. The van der Waals surface area contributed by atoms with E-state index in [0.29, 0.717) is 17.8 Å². The molecule has 106 valence electrons. The number of nitrogen functional groups attached to an aromatic ring is 1. The lowest BCUT2D eigenvalue weighted by Gasteiger charge is -2.24. The number of pyridine rings is 1. The molecule has 0 aliphatic carbocycles. The van der Waals surface area contributed by atoms with Gasteiger partial charge in [0.15, 0.2) is 0 Å². The van der Waals surface area contributed by atoms with E-state index in [9.17, 15) is 4.79 Å². The topological polar surface area (TPSA) is 74.5 Å². The van der Waals surface area contributed by atoms with Crippen molar-refractivity contribution < 1.29 is 4.79 Å². The average molecular weight is 265 g/mol. The fourth-order valence-corrected chi connectivity index (χ4v) is 1.77. The number of aromatic nitrogens is 1. The van der Waals surface area contributed by atoms with Gasteiger partial charge in [0.25, 0.3) is 5.91 Å². The molecule has 0 aliphatic rings. The first kappa shape index (κ1) is 15.4. The summed E-state index contributed by atoms with van der Waals surface area (Å²) in [6.45, 7) is 4.31. The standard InChI is InChI=1S/C13H23N5O/c1-4-7-18(9-8-17(2)3)13(19)11-10-15-6-5-12(11)16-14/h5-6,10H,4,7-9,14H2,1-3H3,(H,15,16). The van der Waals surface area contributed by atoms with Gasteiger partial charge in [-0.1, -0.05) is 6.92 Å². The maximum atomic E-state index is 12.5. The Morgan fingerprint density at radius 2 is 2.11 bits per heavy atom. The van der Waals surface area contributed by atoms with E-state index in [2.05, 4.69) is 22.2 Å². The van der Waals surface area contributed by atoms with E-state index in [1.54, 1.807) is 18.5 Å². The predicted molar refractivity (Wildman–Crippen MR) is 76.8 cm³/mol. The summed E-state index contributed by atoms with van der Waals surface area (Å²) in [6, 6.07) is 1.70. The molecule has 1 amide bonds. The molecule has 0 saturated carbocycles. The van der Waals surface area contributed by atoms with Gasteiger partial charge in [-0.3, -0.25) is 15.6 Å². The largest absolute Gasteiger partial charge is 0.337 e. The van der Waals surface area contributed by atoms with E-state index in [-0.39, 0.29) is 5.91 Å². The van der Waals surface area contributed by atoms with Crippen LogP contribution < -0.4 is 11.3 Å². The van der Waals surface area contributed by atoms with Gasteiger partial charge in [0.1, 0.15) is 0 Å². The molecule has 0 aromatic carbocycles. The highest BCUT2D eigenvalue weighted by molar-refractivity contribution is 5.99. The lowest BCUT2D eigenvalue weighted by Crippen LogP contribution is -2.37. The van der Waals surface area contributed by atoms with Crippen LogP contribution in [0.2, 0.25) is 0 Å². The molecule has 0 radical (unpaired) electrons. The molecule has 1 aromatic rings. The first-order valence-corrected chi connectivity index (χ1v) is 6.44. The minimum atomic E-state index is -0.0373. The van der Waals surface area contributed by atoms with Crippen LogP contribution in [0.4, 0.5) is 5.69 Å². The summed E-state index contributed by atoms with van der Waals surface area (Å²) < 4.78 is 0. The van der Waals surface area contributed by atoms with E-state index in [0.717, 1.165) is 19.5 Å². The summed E-state index contributed by atoms with van der Waals surface area (Å²) in [7, 11) is 3.98. The molecule has 3 N–H and O–H groups in total. The number of hydrazine groups is 1. The zero-order valence-corrected chi connectivity index (χ0v) is 11.9. The zero-order valence-electron chi connectivity index (χ0n) is 11.9. The van der Waals surface area contributed by atoms with Gasteiger partial charge in [0, 0.05) is 32.0 Å². The minimum absolute atomic E-state index is 0.0373. The van der Waals surface area contributed by atoms with Gasteiger partial charge in [-0.25, -0.2) is 0 Å². The normalized spacial score (nSPS) is 10.6. The van der Waals surface area contributed by atoms with Crippen molar-refractivity contribution >= 4 is 11.6 Å². The molecule has 1 heterocycles. The first-order chi connectivity index (χ1) is 9.10. The Balaban J connectivity index is 2.85. The Morgan fingerprint density at radius 1 is 1.37 bits per heavy atom. The van der Waals surface area contributed by atoms with Crippen LogP contribution in [0.5, 0.6) is 0 Å². The second-order valence-electron chi connectivity index (χ2n) is 4.66. The maximum Gasteiger partial charge on any atom is 0.257 e. The molecule has 0 aliphatic heterocycles. The molecule has 1 aromatic heterocycles. The Hall–Kier alpha value is -1.66. The molecule has 0 fully saturated rings. The third-order valence-corrected chi connectivity index (χ3v) is 2.80. The van der Waals surface area contributed by atoms with Crippen molar-refractivity contribution in [2.45, 2.75) is 13.3 Å². The van der Waals surface area contributed by atoms with Gasteiger partial charge in [-0.05, 0) is 26.6 Å². The monoisotopic (exact) mass is 265 g/mol. The number of carbonyl (C=O) groups is 1. The lowest BCUT2D eigenvalue weighted by molar-refractivity contribution is 0.0745. The van der Waals surface area contributed by atoms with Crippen molar-refractivity contribution in [2.24, 2.45) is 5.84 Å². The highest BCUT2D eigenvalue weighted by Crippen LogP contribution is 2.14. The molecule has 19 heavy (non-hydrogen) atoms. The molecule has 0 unspecified atom stereocenters. The number of rotatable bonds is 7. The number of hydrogen-bond donors (Lipinski definition) is 2.